The smallest absolute Gasteiger partial charge is 0.0276 e. The fraction of sp³-hybridized carbons (Fsp3) is 0.692. The zero-order valence-corrected chi connectivity index (χ0v) is 30.7. The van der Waals surface area contributed by atoms with Crippen molar-refractivity contribution in [1.29, 1.82) is 0 Å². The molecule has 0 aliphatic carbocycles. The van der Waals surface area contributed by atoms with Gasteiger partial charge >= 0.3 is 0 Å². The SMILES string of the molecule is CC(C)CCCC(C)CCCC(C)CCc1ccccc1.CCCCCC(C)C.CCCCc1ccccc1.S.S. The molecular weight excluding hydrogens is 533 g/mol. The van der Waals surface area contributed by atoms with Gasteiger partial charge in [0.15, 0.2) is 0 Å². The summed E-state index contributed by atoms with van der Waals surface area (Å²) < 4.78 is 0. The van der Waals surface area contributed by atoms with Gasteiger partial charge in [0.1, 0.15) is 0 Å². The molecule has 0 spiro atoms. The van der Waals surface area contributed by atoms with Gasteiger partial charge in [0.25, 0.3) is 0 Å². The molecule has 2 unspecified atom stereocenters. The van der Waals surface area contributed by atoms with Crippen molar-refractivity contribution in [3.8, 4) is 0 Å². The van der Waals surface area contributed by atoms with E-state index in [1.165, 1.54) is 107 Å². The van der Waals surface area contributed by atoms with Crippen LogP contribution in [-0.4, -0.2) is 0 Å². The quantitative estimate of drug-likeness (QED) is 0.148. The van der Waals surface area contributed by atoms with Crippen LogP contribution in [0.2, 0.25) is 0 Å². The van der Waals surface area contributed by atoms with Crippen LogP contribution in [0, 0.1) is 23.7 Å². The second-order valence-electron chi connectivity index (χ2n) is 13.0. The van der Waals surface area contributed by atoms with Crippen molar-refractivity contribution in [3.05, 3.63) is 71.8 Å². The summed E-state index contributed by atoms with van der Waals surface area (Å²) in [6, 6.07) is 21.6. The maximum absolute atomic E-state index is 2.44. The van der Waals surface area contributed by atoms with E-state index in [9.17, 15) is 0 Å². The second-order valence-corrected chi connectivity index (χ2v) is 13.0. The summed E-state index contributed by atoms with van der Waals surface area (Å²) in [6.45, 7) is 18.6. The van der Waals surface area contributed by atoms with Gasteiger partial charge in [0.2, 0.25) is 0 Å². The molecule has 0 amide bonds. The topological polar surface area (TPSA) is 0 Å². The summed E-state index contributed by atoms with van der Waals surface area (Å²) in [4.78, 5) is 0. The predicted molar refractivity (Wildman–Crippen MR) is 200 cm³/mol. The highest BCUT2D eigenvalue weighted by molar-refractivity contribution is 7.59. The lowest BCUT2D eigenvalue weighted by Crippen LogP contribution is -2.01. The van der Waals surface area contributed by atoms with Crippen molar-refractivity contribution in [2.45, 2.75) is 152 Å². The molecule has 2 heteroatoms. The minimum atomic E-state index is 0. The fourth-order valence-corrected chi connectivity index (χ4v) is 4.86. The largest absolute Gasteiger partial charge is 0.197 e. The van der Waals surface area contributed by atoms with Gasteiger partial charge in [0.05, 0.1) is 0 Å². The molecule has 0 saturated carbocycles. The lowest BCUT2D eigenvalue weighted by atomic mass is 9.91. The molecule has 0 bridgehead atoms. The summed E-state index contributed by atoms with van der Waals surface area (Å²) in [5.74, 6) is 3.56. The first-order chi connectivity index (χ1) is 18.8. The Kier molecular flexibility index (Phi) is 34.9. The van der Waals surface area contributed by atoms with Crippen LogP contribution >= 0.6 is 27.0 Å². The number of unbranched alkanes of at least 4 members (excludes halogenated alkanes) is 3. The third-order valence-corrected chi connectivity index (χ3v) is 7.69. The molecule has 0 N–H and O–H groups in total. The van der Waals surface area contributed by atoms with Crippen molar-refractivity contribution in [3.63, 3.8) is 0 Å². The fourth-order valence-electron chi connectivity index (χ4n) is 4.86. The Hall–Kier alpha value is -0.860. The van der Waals surface area contributed by atoms with E-state index >= 15 is 0 Å². The van der Waals surface area contributed by atoms with Crippen LogP contribution in [0.4, 0.5) is 0 Å². The predicted octanol–water partition coefficient (Wildman–Crippen LogP) is 13.4. The van der Waals surface area contributed by atoms with Crippen LogP contribution in [0.25, 0.3) is 0 Å². The van der Waals surface area contributed by atoms with Crippen LogP contribution in [-0.2, 0) is 12.8 Å². The Morgan fingerprint density at radius 3 is 1.24 bits per heavy atom. The Bertz CT molecular complexity index is 726. The minimum Gasteiger partial charge on any atom is -0.197 e. The molecule has 0 heterocycles. The number of hydrogen-bond donors (Lipinski definition) is 0. The van der Waals surface area contributed by atoms with Crippen molar-refractivity contribution in [2.24, 2.45) is 23.7 Å². The Labute approximate surface area is 273 Å². The highest BCUT2D eigenvalue weighted by Gasteiger charge is 2.06. The van der Waals surface area contributed by atoms with E-state index in [1.807, 2.05) is 0 Å². The minimum absolute atomic E-state index is 0. The van der Waals surface area contributed by atoms with E-state index < -0.39 is 0 Å². The van der Waals surface area contributed by atoms with Gasteiger partial charge in [-0.2, -0.15) is 27.0 Å². The standard InChI is InChI=1S/C21H36.C10H14.C8H18.2H2S/c1-18(2)10-8-11-19(3)12-9-13-20(4)16-17-21-14-6-5-7-15-21;1-2-3-7-10-8-5-4-6-9-10;1-4-5-6-7-8(2)3;;/h5-7,14-15,18-20H,8-13,16-17H2,1-4H3;4-6,8-9H,2-3,7H2,1H3;8H,4-7H2,1-3H3;2*1H2. The van der Waals surface area contributed by atoms with E-state index in [1.54, 1.807) is 0 Å². The van der Waals surface area contributed by atoms with Crippen molar-refractivity contribution in [2.75, 3.05) is 0 Å². The summed E-state index contributed by atoms with van der Waals surface area (Å²) in [6.07, 6.45) is 20.5. The molecular formula is C39H72S2. The van der Waals surface area contributed by atoms with Crippen LogP contribution in [0.1, 0.15) is 150 Å². The average molecular weight is 605 g/mol. The van der Waals surface area contributed by atoms with Gasteiger partial charge < -0.3 is 0 Å². The third kappa shape index (κ3) is 31.9. The van der Waals surface area contributed by atoms with Gasteiger partial charge in [-0.3, -0.25) is 0 Å². The summed E-state index contributed by atoms with van der Waals surface area (Å²) in [5, 5.41) is 0. The lowest BCUT2D eigenvalue weighted by Gasteiger charge is -2.15. The van der Waals surface area contributed by atoms with E-state index in [0.717, 1.165) is 23.7 Å². The number of hydrogen-bond acceptors (Lipinski definition) is 0. The van der Waals surface area contributed by atoms with Gasteiger partial charge in [-0.05, 0) is 60.5 Å². The molecule has 2 rings (SSSR count). The maximum Gasteiger partial charge on any atom is -0.0276 e. The molecule has 0 aromatic heterocycles. The molecule has 0 radical (unpaired) electrons. The molecule has 0 saturated heterocycles. The van der Waals surface area contributed by atoms with E-state index in [4.69, 9.17) is 0 Å². The van der Waals surface area contributed by atoms with E-state index in [2.05, 4.69) is 116 Å². The highest BCUT2D eigenvalue weighted by atomic mass is 32.1. The van der Waals surface area contributed by atoms with Gasteiger partial charge in [0, 0.05) is 0 Å². The normalized spacial score (nSPS) is 11.8. The summed E-state index contributed by atoms with van der Waals surface area (Å²) in [5.41, 5.74) is 2.95. The number of benzene rings is 2. The summed E-state index contributed by atoms with van der Waals surface area (Å²) in [7, 11) is 0. The Morgan fingerprint density at radius 2 is 0.805 bits per heavy atom. The van der Waals surface area contributed by atoms with Crippen molar-refractivity contribution in [1.82, 2.24) is 0 Å². The number of aryl methyl sites for hydroxylation is 2. The first kappa shape index (κ1) is 44.6. The van der Waals surface area contributed by atoms with Crippen LogP contribution in [0.3, 0.4) is 0 Å². The molecule has 2 aromatic carbocycles. The molecule has 41 heavy (non-hydrogen) atoms. The Morgan fingerprint density at radius 1 is 0.415 bits per heavy atom. The van der Waals surface area contributed by atoms with Crippen LogP contribution in [0.5, 0.6) is 0 Å². The van der Waals surface area contributed by atoms with Crippen molar-refractivity contribution >= 4 is 27.0 Å². The van der Waals surface area contributed by atoms with Gasteiger partial charge in [-0.25, -0.2) is 0 Å². The molecule has 0 aliphatic rings. The average Bonchev–Trinajstić information content (AvgIpc) is 2.92. The third-order valence-electron chi connectivity index (χ3n) is 7.69. The van der Waals surface area contributed by atoms with Crippen LogP contribution in [0.15, 0.2) is 60.7 Å². The Balaban J connectivity index is -0.000000602. The molecule has 240 valence electrons. The first-order valence-corrected chi connectivity index (χ1v) is 16.9. The van der Waals surface area contributed by atoms with Gasteiger partial charge in [-0.15, -0.1) is 0 Å². The van der Waals surface area contributed by atoms with E-state index in [0.29, 0.717) is 0 Å². The molecule has 2 aromatic rings. The lowest BCUT2D eigenvalue weighted by molar-refractivity contribution is 0.392. The van der Waals surface area contributed by atoms with Crippen LogP contribution < -0.4 is 0 Å². The molecule has 0 nitrogen and oxygen atoms in total. The zero-order chi connectivity index (χ0) is 29.1. The number of rotatable bonds is 18. The van der Waals surface area contributed by atoms with Crippen molar-refractivity contribution < 1.29 is 0 Å². The maximum atomic E-state index is 2.44. The monoisotopic (exact) mass is 605 g/mol. The highest BCUT2D eigenvalue weighted by Crippen LogP contribution is 2.21. The zero-order valence-electron chi connectivity index (χ0n) is 28.7. The molecule has 2 atom stereocenters. The molecule has 0 fully saturated rings. The molecule has 0 aliphatic heterocycles. The summed E-state index contributed by atoms with van der Waals surface area (Å²) >= 11 is 0. The first-order valence-electron chi connectivity index (χ1n) is 16.9. The van der Waals surface area contributed by atoms with Gasteiger partial charge in [-0.1, -0.05) is 187 Å². The second kappa shape index (κ2) is 32.1. The van der Waals surface area contributed by atoms with E-state index in [-0.39, 0.29) is 27.0 Å².